The van der Waals surface area contributed by atoms with Gasteiger partial charge in [-0.1, -0.05) is 38.1 Å². The Balaban J connectivity index is 1.76. The summed E-state index contributed by atoms with van der Waals surface area (Å²) in [5.74, 6) is -0.0918. The molecule has 2 aromatic rings. The lowest BCUT2D eigenvalue weighted by Gasteiger charge is -2.38. The van der Waals surface area contributed by atoms with Crippen LogP contribution < -0.4 is 10.1 Å². The highest BCUT2D eigenvalue weighted by molar-refractivity contribution is 5.91. The predicted octanol–water partition coefficient (Wildman–Crippen LogP) is 0.402. The number of carbonyl (C=O) groups excluding carboxylic acids is 1. The zero-order valence-corrected chi connectivity index (χ0v) is 19.6. The van der Waals surface area contributed by atoms with E-state index in [9.17, 15) is 24.5 Å². The summed E-state index contributed by atoms with van der Waals surface area (Å²) in [5.41, 5.74) is 3.24. The van der Waals surface area contributed by atoms with Crippen molar-refractivity contribution in [1.29, 1.82) is 0 Å². The normalized spacial score (nSPS) is 24.7. The van der Waals surface area contributed by atoms with Crippen molar-refractivity contribution in [3.05, 3.63) is 52.7 Å². The quantitative estimate of drug-likeness (QED) is 0.260. The molecular formula is C24H32FN3O7. The van der Waals surface area contributed by atoms with Crippen LogP contribution >= 0.6 is 0 Å². The third-order valence-corrected chi connectivity index (χ3v) is 5.66. The second kappa shape index (κ2) is 12.2. The van der Waals surface area contributed by atoms with Gasteiger partial charge >= 0.3 is 0 Å². The van der Waals surface area contributed by atoms with Crippen LogP contribution in [0.1, 0.15) is 42.1 Å². The third kappa shape index (κ3) is 6.65. The fourth-order valence-electron chi connectivity index (χ4n) is 3.72. The molecule has 1 aromatic carbocycles. The van der Waals surface area contributed by atoms with Crippen LogP contribution in [0.3, 0.4) is 0 Å². The van der Waals surface area contributed by atoms with Gasteiger partial charge in [-0.05, 0) is 23.1 Å². The van der Waals surface area contributed by atoms with Crippen LogP contribution in [0, 0.1) is 0 Å². The molecule has 1 amide bonds. The zero-order chi connectivity index (χ0) is 25.5. The monoisotopic (exact) mass is 493 g/mol. The summed E-state index contributed by atoms with van der Waals surface area (Å²) in [6, 6.07) is 7.46. The predicted molar refractivity (Wildman–Crippen MR) is 124 cm³/mol. The minimum Gasteiger partial charge on any atom is -0.443 e. The molecule has 10 nitrogen and oxygen atoms in total. The van der Waals surface area contributed by atoms with Gasteiger partial charge in [0, 0.05) is 30.3 Å². The Kier molecular flexibility index (Phi) is 9.35. The van der Waals surface area contributed by atoms with Gasteiger partial charge in [-0.25, -0.2) is 4.39 Å². The number of benzene rings is 1. The SMILES string of the molecule is CC(C)c1[nH]nc(OC2OC(CO)C(F)C(O)C2O)c1Cc1ccc(C=CC(=O)NCCO)cc1. The molecule has 0 saturated carbocycles. The molecule has 0 aliphatic carbocycles. The lowest BCUT2D eigenvalue weighted by Crippen LogP contribution is -2.58. The number of aromatic nitrogens is 2. The summed E-state index contributed by atoms with van der Waals surface area (Å²) >= 11 is 0. The number of halogens is 1. The summed E-state index contributed by atoms with van der Waals surface area (Å²) in [4.78, 5) is 11.6. The van der Waals surface area contributed by atoms with Crippen molar-refractivity contribution >= 4 is 12.0 Å². The average molecular weight is 494 g/mol. The third-order valence-electron chi connectivity index (χ3n) is 5.66. The number of rotatable bonds is 10. The van der Waals surface area contributed by atoms with Gasteiger partial charge in [-0.15, -0.1) is 5.10 Å². The molecule has 0 radical (unpaired) electrons. The zero-order valence-electron chi connectivity index (χ0n) is 19.6. The van der Waals surface area contributed by atoms with E-state index in [0.717, 1.165) is 16.8 Å². The van der Waals surface area contributed by atoms with E-state index in [-0.39, 0.29) is 30.9 Å². The van der Waals surface area contributed by atoms with E-state index < -0.39 is 37.4 Å². The molecule has 1 saturated heterocycles. The second-order valence-corrected chi connectivity index (χ2v) is 8.61. The molecule has 192 valence electrons. The van der Waals surface area contributed by atoms with E-state index in [1.165, 1.54) is 6.08 Å². The Morgan fingerprint density at radius 3 is 2.60 bits per heavy atom. The fraction of sp³-hybridized carbons (Fsp3) is 0.500. The molecule has 35 heavy (non-hydrogen) atoms. The van der Waals surface area contributed by atoms with Crippen LogP contribution in [0.5, 0.6) is 5.88 Å². The van der Waals surface area contributed by atoms with Crippen LogP contribution in [0.15, 0.2) is 30.3 Å². The molecule has 3 rings (SSSR count). The topological polar surface area (TPSA) is 157 Å². The molecular weight excluding hydrogens is 461 g/mol. The Morgan fingerprint density at radius 2 is 1.97 bits per heavy atom. The Labute approximate surface area is 202 Å². The van der Waals surface area contributed by atoms with Gasteiger partial charge in [0.25, 0.3) is 0 Å². The van der Waals surface area contributed by atoms with Crippen molar-refractivity contribution in [2.24, 2.45) is 0 Å². The second-order valence-electron chi connectivity index (χ2n) is 8.61. The first kappa shape index (κ1) is 26.8. The van der Waals surface area contributed by atoms with Crippen molar-refractivity contribution in [1.82, 2.24) is 15.5 Å². The highest BCUT2D eigenvalue weighted by atomic mass is 19.1. The van der Waals surface area contributed by atoms with Gasteiger partial charge in [-0.2, -0.15) is 0 Å². The van der Waals surface area contributed by atoms with Crippen LogP contribution in [0.2, 0.25) is 0 Å². The molecule has 1 aliphatic rings. The fourth-order valence-corrected chi connectivity index (χ4v) is 3.72. The number of hydrogen-bond acceptors (Lipinski definition) is 8. The molecule has 1 aliphatic heterocycles. The summed E-state index contributed by atoms with van der Waals surface area (Å²) in [7, 11) is 0. The summed E-state index contributed by atoms with van der Waals surface area (Å²) in [6.07, 6.45) is -4.68. The van der Waals surface area contributed by atoms with E-state index >= 15 is 0 Å². The number of hydrogen-bond donors (Lipinski definition) is 6. The Hall–Kier alpha value is -2.83. The number of aliphatic hydroxyl groups is 4. The highest BCUT2D eigenvalue weighted by Crippen LogP contribution is 2.31. The van der Waals surface area contributed by atoms with Gasteiger partial charge in [-0.3, -0.25) is 9.89 Å². The maximum Gasteiger partial charge on any atom is 0.244 e. The first-order valence-corrected chi connectivity index (χ1v) is 11.4. The van der Waals surface area contributed by atoms with Crippen molar-refractivity contribution in [2.45, 2.75) is 57.0 Å². The molecule has 5 unspecified atom stereocenters. The van der Waals surface area contributed by atoms with Gasteiger partial charge in [0.15, 0.2) is 6.17 Å². The molecule has 11 heteroatoms. The number of carbonyl (C=O) groups is 1. The Morgan fingerprint density at radius 1 is 1.26 bits per heavy atom. The number of amides is 1. The number of nitrogens with one attached hydrogen (secondary N) is 2. The van der Waals surface area contributed by atoms with Crippen LogP contribution in [0.25, 0.3) is 6.08 Å². The van der Waals surface area contributed by atoms with E-state index in [4.69, 9.17) is 14.6 Å². The van der Waals surface area contributed by atoms with E-state index in [1.807, 2.05) is 38.1 Å². The molecule has 6 N–H and O–H groups in total. The summed E-state index contributed by atoms with van der Waals surface area (Å²) in [5, 5.41) is 48.0. The summed E-state index contributed by atoms with van der Waals surface area (Å²) in [6.45, 7) is 3.33. The first-order chi connectivity index (χ1) is 16.7. The maximum atomic E-state index is 14.1. The molecule has 5 atom stereocenters. The lowest BCUT2D eigenvalue weighted by atomic mass is 9.98. The minimum atomic E-state index is -1.95. The summed E-state index contributed by atoms with van der Waals surface area (Å²) < 4.78 is 25.1. The number of alkyl halides is 1. The average Bonchev–Trinajstić information content (AvgIpc) is 3.24. The van der Waals surface area contributed by atoms with E-state index in [0.29, 0.717) is 12.0 Å². The van der Waals surface area contributed by atoms with Crippen LogP contribution in [-0.2, 0) is 16.0 Å². The lowest BCUT2D eigenvalue weighted by molar-refractivity contribution is -0.265. The largest absolute Gasteiger partial charge is 0.443 e. The standard InChI is InChI=1S/C24H32FN3O7/c1-13(2)20-16(11-15-5-3-14(4-6-15)7-8-18(31)26-9-10-29)23(28-27-20)35-24-22(33)21(32)19(25)17(12-30)34-24/h3-8,13,17,19,21-22,24,29-30,32-33H,9-12H2,1-2H3,(H,26,31)(H,27,28). The van der Waals surface area contributed by atoms with E-state index in [2.05, 4.69) is 15.5 Å². The number of aliphatic hydroxyl groups excluding tert-OH is 4. The van der Waals surface area contributed by atoms with Gasteiger partial charge in [0.1, 0.15) is 18.3 Å². The molecule has 0 bridgehead atoms. The number of ether oxygens (including phenoxy) is 2. The molecule has 1 aromatic heterocycles. The molecule has 1 fully saturated rings. The van der Waals surface area contributed by atoms with Crippen molar-refractivity contribution in [3.63, 3.8) is 0 Å². The van der Waals surface area contributed by atoms with Crippen molar-refractivity contribution in [2.75, 3.05) is 19.8 Å². The van der Waals surface area contributed by atoms with Crippen LogP contribution in [-0.4, -0.2) is 87.1 Å². The van der Waals surface area contributed by atoms with Gasteiger partial charge in [0.2, 0.25) is 18.1 Å². The van der Waals surface area contributed by atoms with Crippen LogP contribution in [0.4, 0.5) is 4.39 Å². The minimum absolute atomic E-state index is 0.0673. The smallest absolute Gasteiger partial charge is 0.244 e. The van der Waals surface area contributed by atoms with E-state index in [1.54, 1.807) is 6.08 Å². The maximum absolute atomic E-state index is 14.1. The number of nitrogens with zero attached hydrogens (tertiary/aromatic N) is 1. The highest BCUT2D eigenvalue weighted by Gasteiger charge is 2.46. The number of H-pyrrole nitrogens is 1. The number of aromatic amines is 1. The van der Waals surface area contributed by atoms with Gasteiger partial charge < -0.3 is 35.2 Å². The molecule has 0 spiro atoms. The first-order valence-electron chi connectivity index (χ1n) is 11.4. The molecule has 2 heterocycles. The Bertz CT molecular complexity index is 994. The van der Waals surface area contributed by atoms with Crippen molar-refractivity contribution in [3.8, 4) is 5.88 Å². The van der Waals surface area contributed by atoms with Crippen molar-refractivity contribution < 1.29 is 39.1 Å². The van der Waals surface area contributed by atoms with Gasteiger partial charge in [0.05, 0.1) is 13.2 Å².